The molecule has 5 heteroatoms. The first-order chi connectivity index (χ1) is 9.40. The van der Waals surface area contributed by atoms with Crippen molar-refractivity contribution in [1.82, 2.24) is 4.90 Å². The third-order valence-electron chi connectivity index (χ3n) is 3.15. The molecule has 0 aromatic heterocycles. The summed E-state index contributed by atoms with van der Waals surface area (Å²) in [6, 6.07) is 3.91. The lowest BCUT2D eigenvalue weighted by Crippen LogP contribution is -2.40. The van der Waals surface area contributed by atoms with Crippen LogP contribution in [0.25, 0.3) is 0 Å². The van der Waals surface area contributed by atoms with Gasteiger partial charge in [-0.15, -0.1) is 0 Å². The molecule has 1 aromatic rings. The molecule has 0 aliphatic heterocycles. The Labute approximate surface area is 119 Å². The number of likely N-dealkylation sites (N-methyl/N-ethyl adjacent to an activating group) is 1. The summed E-state index contributed by atoms with van der Waals surface area (Å²) in [5.74, 6) is -0.421. The number of halogens is 1. The SMILES string of the molecule is CCN(CC)C(=O)C(C)Oc1cc(F)ccc1C(C)O. The number of aliphatic hydroxyl groups is 1. The largest absolute Gasteiger partial charge is 0.480 e. The topological polar surface area (TPSA) is 49.8 Å². The van der Waals surface area contributed by atoms with Crippen LogP contribution in [0.3, 0.4) is 0 Å². The van der Waals surface area contributed by atoms with Gasteiger partial charge in [-0.2, -0.15) is 0 Å². The van der Waals surface area contributed by atoms with Crippen molar-refractivity contribution in [3.63, 3.8) is 0 Å². The second-order valence-electron chi connectivity index (χ2n) is 4.63. The third kappa shape index (κ3) is 3.93. The van der Waals surface area contributed by atoms with Crippen LogP contribution < -0.4 is 4.74 Å². The lowest BCUT2D eigenvalue weighted by Gasteiger charge is -2.24. The molecule has 0 saturated carbocycles. The van der Waals surface area contributed by atoms with Crippen LogP contribution in [0.4, 0.5) is 4.39 Å². The quantitative estimate of drug-likeness (QED) is 0.872. The van der Waals surface area contributed by atoms with Gasteiger partial charge < -0.3 is 14.7 Å². The summed E-state index contributed by atoms with van der Waals surface area (Å²) in [6.07, 6.45) is -1.52. The van der Waals surface area contributed by atoms with Gasteiger partial charge in [-0.25, -0.2) is 4.39 Å². The number of hydrogen-bond donors (Lipinski definition) is 1. The Morgan fingerprint density at radius 1 is 1.35 bits per heavy atom. The highest BCUT2D eigenvalue weighted by molar-refractivity contribution is 5.80. The van der Waals surface area contributed by atoms with Crippen molar-refractivity contribution in [1.29, 1.82) is 0 Å². The van der Waals surface area contributed by atoms with E-state index in [9.17, 15) is 14.3 Å². The molecular weight excluding hydrogens is 261 g/mol. The molecule has 0 bridgehead atoms. The summed E-state index contributed by atoms with van der Waals surface area (Å²) in [5, 5.41) is 9.65. The van der Waals surface area contributed by atoms with Gasteiger partial charge in [0.25, 0.3) is 5.91 Å². The maximum atomic E-state index is 13.3. The van der Waals surface area contributed by atoms with E-state index in [2.05, 4.69) is 0 Å². The molecule has 2 unspecified atom stereocenters. The van der Waals surface area contributed by atoms with Crippen molar-refractivity contribution < 1.29 is 19.0 Å². The van der Waals surface area contributed by atoms with Crippen molar-refractivity contribution in [2.24, 2.45) is 0 Å². The van der Waals surface area contributed by atoms with Crippen LogP contribution >= 0.6 is 0 Å². The molecule has 0 spiro atoms. The lowest BCUT2D eigenvalue weighted by molar-refractivity contribution is -0.137. The van der Waals surface area contributed by atoms with Crippen molar-refractivity contribution in [3.8, 4) is 5.75 Å². The molecule has 20 heavy (non-hydrogen) atoms. The minimum absolute atomic E-state index is 0.157. The van der Waals surface area contributed by atoms with Gasteiger partial charge in [0.2, 0.25) is 0 Å². The van der Waals surface area contributed by atoms with Crippen LogP contribution in [0, 0.1) is 5.82 Å². The number of benzene rings is 1. The van der Waals surface area contributed by atoms with Crippen LogP contribution in [0.5, 0.6) is 5.75 Å². The van der Waals surface area contributed by atoms with E-state index in [1.807, 2.05) is 13.8 Å². The molecule has 112 valence electrons. The highest BCUT2D eigenvalue weighted by Gasteiger charge is 2.21. The molecular formula is C15H22FNO3. The zero-order chi connectivity index (χ0) is 15.3. The zero-order valence-corrected chi connectivity index (χ0v) is 12.4. The van der Waals surface area contributed by atoms with Gasteiger partial charge in [0, 0.05) is 24.7 Å². The Morgan fingerprint density at radius 3 is 2.45 bits per heavy atom. The van der Waals surface area contributed by atoms with E-state index in [0.29, 0.717) is 18.7 Å². The highest BCUT2D eigenvalue weighted by Crippen LogP contribution is 2.27. The molecule has 1 rings (SSSR count). The summed E-state index contributed by atoms with van der Waals surface area (Å²) in [5.41, 5.74) is 0.464. The number of amides is 1. The van der Waals surface area contributed by atoms with Gasteiger partial charge >= 0.3 is 0 Å². The number of nitrogens with zero attached hydrogens (tertiary/aromatic N) is 1. The fraction of sp³-hybridized carbons (Fsp3) is 0.533. The number of aliphatic hydroxyl groups excluding tert-OH is 1. The Morgan fingerprint density at radius 2 is 1.95 bits per heavy atom. The highest BCUT2D eigenvalue weighted by atomic mass is 19.1. The van der Waals surface area contributed by atoms with Crippen LogP contribution in [0.2, 0.25) is 0 Å². The Balaban J connectivity index is 2.92. The van der Waals surface area contributed by atoms with Crippen molar-refractivity contribution in [2.75, 3.05) is 13.1 Å². The summed E-state index contributed by atoms with van der Waals surface area (Å²) >= 11 is 0. The molecule has 0 fully saturated rings. The predicted octanol–water partition coefficient (Wildman–Crippen LogP) is 2.51. The Hall–Kier alpha value is -1.62. The normalized spacial score (nSPS) is 13.7. The fourth-order valence-corrected chi connectivity index (χ4v) is 1.99. The van der Waals surface area contributed by atoms with Gasteiger partial charge in [0.1, 0.15) is 11.6 Å². The van der Waals surface area contributed by atoms with E-state index in [-0.39, 0.29) is 11.7 Å². The second-order valence-corrected chi connectivity index (χ2v) is 4.63. The minimum Gasteiger partial charge on any atom is -0.480 e. The first-order valence-corrected chi connectivity index (χ1v) is 6.83. The van der Waals surface area contributed by atoms with E-state index in [1.54, 1.807) is 18.7 Å². The van der Waals surface area contributed by atoms with Gasteiger partial charge in [-0.1, -0.05) is 0 Å². The summed E-state index contributed by atoms with van der Waals surface area (Å²) in [6.45, 7) is 8.15. The van der Waals surface area contributed by atoms with Crippen LogP contribution in [0.15, 0.2) is 18.2 Å². The molecule has 4 nitrogen and oxygen atoms in total. The molecule has 0 heterocycles. The van der Waals surface area contributed by atoms with Crippen LogP contribution in [-0.4, -0.2) is 35.1 Å². The van der Waals surface area contributed by atoms with Gasteiger partial charge in [0.15, 0.2) is 6.10 Å². The summed E-state index contributed by atoms with van der Waals surface area (Å²) in [4.78, 5) is 13.8. The molecule has 1 aromatic carbocycles. The molecule has 1 amide bonds. The number of rotatable bonds is 6. The first-order valence-electron chi connectivity index (χ1n) is 6.83. The van der Waals surface area contributed by atoms with Crippen LogP contribution in [-0.2, 0) is 4.79 Å². The monoisotopic (exact) mass is 283 g/mol. The molecule has 0 aliphatic rings. The lowest BCUT2D eigenvalue weighted by atomic mass is 10.1. The minimum atomic E-state index is -0.790. The Bertz CT molecular complexity index is 458. The molecule has 2 atom stereocenters. The number of carbonyl (C=O) groups is 1. The van der Waals surface area contributed by atoms with E-state index in [4.69, 9.17) is 4.74 Å². The van der Waals surface area contributed by atoms with E-state index in [1.165, 1.54) is 18.2 Å². The van der Waals surface area contributed by atoms with Gasteiger partial charge in [0.05, 0.1) is 6.10 Å². The van der Waals surface area contributed by atoms with Crippen LogP contribution in [0.1, 0.15) is 39.4 Å². The number of ether oxygens (including phenoxy) is 1. The summed E-state index contributed by atoms with van der Waals surface area (Å²) < 4.78 is 18.8. The van der Waals surface area contributed by atoms with E-state index < -0.39 is 18.0 Å². The fourth-order valence-electron chi connectivity index (χ4n) is 1.99. The number of hydrogen-bond acceptors (Lipinski definition) is 3. The molecule has 0 radical (unpaired) electrons. The second kappa shape index (κ2) is 7.24. The zero-order valence-electron chi connectivity index (χ0n) is 12.4. The van der Waals surface area contributed by atoms with E-state index in [0.717, 1.165) is 0 Å². The van der Waals surface area contributed by atoms with Gasteiger partial charge in [-0.05, 0) is 39.8 Å². The molecule has 0 saturated heterocycles. The third-order valence-corrected chi connectivity index (χ3v) is 3.15. The van der Waals surface area contributed by atoms with E-state index >= 15 is 0 Å². The summed E-state index contributed by atoms with van der Waals surface area (Å²) in [7, 11) is 0. The standard InChI is InChI=1S/C15H22FNO3/c1-5-17(6-2)15(19)11(4)20-14-9-12(16)7-8-13(14)10(3)18/h7-11,18H,5-6H2,1-4H3. The van der Waals surface area contributed by atoms with Gasteiger partial charge in [-0.3, -0.25) is 4.79 Å². The predicted molar refractivity (Wildman–Crippen MR) is 75.1 cm³/mol. The maximum absolute atomic E-state index is 13.3. The van der Waals surface area contributed by atoms with Crippen molar-refractivity contribution in [2.45, 2.75) is 39.9 Å². The first kappa shape index (κ1) is 16.4. The maximum Gasteiger partial charge on any atom is 0.263 e. The molecule has 1 N–H and O–H groups in total. The van der Waals surface area contributed by atoms with Crippen molar-refractivity contribution in [3.05, 3.63) is 29.6 Å². The molecule has 0 aliphatic carbocycles. The van der Waals surface area contributed by atoms with Crippen molar-refractivity contribution >= 4 is 5.91 Å². The smallest absolute Gasteiger partial charge is 0.263 e. The average Bonchev–Trinajstić information content (AvgIpc) is 2.39. The number of carbonyl (C=O) groups excluding carboxylic acids is 1. The Kier molecular flexibility index (Phi) is 5.95. The average molecular weight is 283 g/mol.